The lowest BCUT2D eigenvalue weighted by Crippen LogP contribution is -2.38. The van der Waals surface area contributed by atoms with Crippen molar-refractivity contribution < 1.29 is 43.9 Å². The normalized spacial score (nSPS) is 25.6. The molecule has 4 aromatic rings. The number of alkyl halides is 8. The van der Waals surface area contributed by atoms with Gasteiger partial charge in [0.15, 0.2) is 0 Å². The molecule has 8 rings (SSSR count). The summed E-state index contributed by atoms with van der Waals surface area (Å²) in [7, 11) is 0. The van der Waals surface area contributed by atoms with Crippen molar-refractivity contribution in [3.8, 4) is 0 Å². The fourth-order valence-corrected chi connectivity index (χ4v) is 9.25. The Bertz CT molecular complexity index is 1870. The van der Waals surface area contributed by atoms with Gasteiger partial charge in [0, 0.05) is 22.9 Å². The molecule has 6 atom stereocenters. The van der Waals surface area contributed by atoms with Crippen molar-refractivity contribution in [3.63, 3.8) is 0 Å². The fourth-order valence-electron chi connectivity index (χ4n) is 9.25. The minimum Gasteiger partial charge on any atom is -0.313 e. The fraction of sp³-hybridized carbons (Fsp3) is 0.429. The van der Waals surface area contributed by atoms with Gasteiger partial charge >= 0.3 is 12.4 Å². The molecule has 0 radical (unpaired) electrons. The van der Waals surface area contributed by atoms with Crippen LogP contribution in [-0.2, 0) is 47.9 Å². The van der Waals surface area contributed by atoms with Gasteiger partial charge in [-0.05, 0) is 134 Å². The molecule has 4 aliphatic rings. The SMILES string of the molecule is CC(F)(c1ccc2c(c1)CC1NCCC21Cc1ccc(F)cc1)C(F)(F)F.CC(F)(c1ccc2c(c1)CC1NCCC21Cc1ccc(F)cc1)C(F)(F)F.Cl.Cl. The van der Waals surface area contributed by atoms with Crippen molar-refractivity contribution in [2.45, 2.75) is 99.0 Å². The van der Waals surface area contributed by atoms with E-state index < -0.39 is 23.7 Å². The largest absolute Gasteiger partial charge is 0.426 e. The third-order valence-corrected chi connectivity index (χ3v) is 12.4. The summed E-state index contributed by atoms with van der Waals surface area (Å²) in [5, 5.41) is 6.87. The van der Waals surface area contributed by atoms with E-state index >= 15 is 0 Å². The Labute approximate surface area is 331 Å². The van der Waals surface area contributed by atoms with Gasteiger partial charge in [-0.2, -0.15) is 26.3 Å². The second-order valence-electron chi connectivity index (χ2n) is 15.6. The van der Waals surface area contributed by atoms with E-state index in [0.29, 0.717) is 39.5 Å². The zero-order valence-electron chi connectivity index (χ0n) is 30.5. The van der Waals surface area contributed by atoms with Gasteiger partial charge < -0.3 is 10.6 Å². The molecule has 4 aromatic carbocycles. The molecule has 0 aromatic heterocycles. The van der Waals surface area contributed by atoms with Crippen molar-refractivity contribution in [3.05, 3.63) is 141 Å². The first-order valence-corrected chi connectivity index (χ1v) is 18.0. The lowest BCUT2D eigenvalue weighted by molar-refractivity contribution is -0.229. The molecule has 0 spiro atoms. The molecular formula is C42H42Cl2F10N2. The Morgan fingerprint density at radius 1 is 0.536 bits per heavy atom. The summed E-state index contributed by atoms with van der Waals surface area (Å²) in [5.74, 6) is -0.605. The zero-order valence-corrected chi connectivity index (χ0v) is 32.1. The van der Waals surface area contributed by atoms with Crippen molar-refractivity contribution in [1.82, 2.24) is 10.6 Å². The minimum absolute atomic E-state index is 0. The summed E-state index contributed by atoms with van der Waals surface area (Å²) in [4.78, 5) is 0. The number of benzene rings is 4. The average Bonchev–Trinajstić information content (AvgIpc) is 3.83. The number of fused-ring (bicyclic) bond motifs is 6. The van der Waals surface area contributed by atoms with Gasteiger partial charge in [-0.15, -0.1) is 24.8 Å². The highest BCUT2D eigenvalue weighted by Gasteiger charge is 2.56. The molecule has 2 aliphatic carbocycles. The molecule has 0 bridgehead atoms. The topological polar surface area (TPSA) is 24.1 Å². The van der Waals surface area contributed by atoms with Crippen LogP contribution < -0.4 is 10.6 Å². The van der Waals surface area contributed by atoms with Crippen molar-refractivity contribution in [1.29, 1.82) is 0 Å². The van der Waals surface area contributed by atoms with E-state index in [1.165, 1.54) is 48.5 Å². The first-order valence-electron chi connectivity index (χ1n) is 18.0. The predicted molar refractivity (Wildman–Crippen MR) is 200 cm³/mol. The number of hydrogen-bond donors (Lipinski definition) is 2. The number of halogens is 12. The number of rotatable bonds is 6. The maximum Gasteiger partial charge on any atom is 0.426 e. The molecule has 2 saturated heterocycles. The van der Waals surface area contributed by atoms with Gasteiger partial charge in [0.1, 0.15) is 11.6 Å². The summed E-state index contributed by atoms with van der Waals surface area (Å²) < 4.78 is 134. The van der Waals surface area contributed by atoms with Crippen LogP contribution in [0.5, 0.6) is 0 Å². The highest BCUT2D eigenvalue weighted by atomic mass is 35.5. The second kappa shape index (κ2) is 15.5. The van der Waals surface area contributed by atoms with Crippen LogP contribution in [-0.4, -0.2) is 37.5 Å². The van der Waals surface area contributed by atoms with Crippen LogP contribution in [0.1, 0.15) is 71.2 Å². The van der Waals surface area contributed by atoms with Crippen LogP contribution in [0.3, 0.4) is 0 Å². The summed E-state index contributed by atoms with van der Waals surface area (Å²) in [6, 6.07) is 21.4. The number of hydrogen-bond acceptors (Lipinski definition) is 2. The molecule has 6 unspecified atom stereocenters. The van der Waals surface area contributed by atoms with E-state index in [0.717, 1.165) is 59.3 Å². The van der Waals surface area contributed by atoms with Gasteiger partial charge in [0.25, 0.3) is 0 Å². The first kappa shape index (κ1) is 43.8. The van der Waals surface area contributed by atoms with Gasteiger partial charge in [-0.25, -0.2) is 17.6 Å². The van der Waals surface area contributed by atoms with Crippen LogP contribution >= 0.6 is 24.8 Å². The second-order valence-corrected chi connectivity index (χ2v) is 15.6. The molecule has 56 heavy (non-hydrogen) atoms. The Morgan fingerprint density at radius 2 is 0.875 bits per heavy atom. The van der Waals surface area contributed by atoms with Crippen LogP contribution in [0.25, 0.3) is 0 Å². The smallest absolute Gasteiger partial charge is 0.313 e. The molecule has 2 heterocycles. The van der Waals surface area contributed by atoms with Crippen molar-refractivity contribution in [2.24, 2.45) is 0 Å². The molecule has 2 fully saturated rings. The molecule has 14 heteroatoms. The lowest BCUT2D eigenvalue weighted by Gasteiger charge is -2.31. The summed E-state index contributed by atoms with van der Waals surface area (Å²) >= 11 is 0. The number of nitrogens with one attached hydrogen (secondary N) is 2. The van der Waals surface area contributed by atoms with E-state index in [4.69, 9.17) is 0 Å². The van der Waals surface area contributed by atoms with E-state index in [1.807, 2.05) is 0 Å². The third-order valence-electron chi connectivity index (χ3n) is 12.4. The highest BCUT2D eigenvalue weighted by Crippen LogP contribution is 2.51. The predicted octanol–water partition coefficient (Wildman–Crippen LogP) is 10.8. The maximum atomic E-state index is 14.4. The van der Waals surface area contributed by atoms with Crippen LogP contribution in [0.15, 0.2) is 84.9 Å². The minimum atomic E-state index is -4.96. The summed E-state index contributed by atoms with van der Waals surface area (Å²) in [5.41, 5.74) is -2.54. The van der Waals surface area contributed by atoms with E-state index in [1.54, 1.807) is 36.4 Å². The van der Waals surface area contributed by atoms with Crippen LogP contribution in [0.2, 0.25) is 0 Å². The molecule has 0 amide bonds. The highest BCUT2D eigenvalue weighted by molar-refractivity contribution is 5.85. The Balaban J connectivity index is 0.000000207. The molecular weight excluding hydrogens is 793 g/mol. The molecule has 2 aliphatic heterocycles. The van der Waals surface area contributed by atoms with E-state index in [9.17, 15) is 43.9 Å². The lowest BCUT2D eigenvalue weighted by atomic mass is 9.73. The van der Waals surface area contributed by atoms with Gasteiger partial charge in [-0.3, -0.25) is 0 Å². The standard InChI is InChI=1S/2C21H20F5N.2ClH/c2*1-19(23,21(24,25)26)15-4-7-17-14(10-15)11-18-20(17,8-9-27-18)12-13-2-5-16(22)6-3-13;;/h2*2-7,10,18,27H,8-9,11-12H2,1H3;2*1H. The third kappa shape index (κ3) is 7.55. The average molecular weight is 836 g/mol. The Kier molecular flexibility index (Phi) is 12.1. The van der Waals surface area contributed by atoms with E-state index in [2.05, 4.69) is 10.6 Å². The summed E-state index contributed by atoms with van der Waals surface area (Å²) in [6.07, 6.45) is -5.76. The molecule has 2 N–H and O–H groups in total. The Morgan fingerprint density at radius 3 is 1.20 bits per heavy atom. The molecule has 2 nitrogen and oxygen atoms in total. The van der Waals surface area contributed by atoms with Gasteiger partial charge in [0.2, 0.25) is 11.3 Å². The monoisotopic (exact) mass is 834 g/mol. The van der Waals surface area contributed by atoms with Gasteiger partial charge in [0.05, 0.1) is 0 Å². The summed E-state index contributed by atoms with van der Waals surface area (Å²) in [6.45, 7) is 2.76. The van der Waals surface area contributed by atoms with E-state index in [-0.39, 0.29) is 70.5 Å². The maximum absolute atomic E-state index is 14.4. The van der Waals surface area contributed by atoms with Crippen molar-refractivity contribution >= 4 is 24.8 Å². The quantitative estimate of drug-likeness (QED) is 0.189. The zero-order chi connectivity index (χ0) is 38.9. The first-order chi connectivity index (χ1) is 25.3. The molecule has 304 valence electrons. The van der Waals surface area contributed by atoms with Crippen LogP contribution in [0, 0.1) is 11.6 Å². The van der Waals surface area contributed by atoms with Crippen LogP contribution in [0.4, 0.5) is 43.9 Å². The Hall–Kier alpha value is -3.32. The van der Waals surface area contributed by atoms with Crippen molar-refractivity contribution in [2.75, 3.05) is 13.1 Å². The molecule has 0 saturated carbocycles. The van der Waals surface area contributed by atoms with Gasteiger partial charge in [-0.1, -0.05) is 60.7 Å².